The van der Waals surface area contributed by atoms with Crippen LogP contribution in [-0.4, -0.2) is 54.6 Å². The number of nitrogens with one attached hydrogen (secondary N) is 1. The summed E-state index contributed by atoms with van der Waals surface area (Å²) in [6.45, 7) is 0.231. The Labute approximate surface area is 143 Å². The lowest BCUT2D eigenvalue weighted by molar-refractivity contribution is -0.137. The van der Waals surface area contributed by atoms with Crippen molar-refractivity contribution in [2.24, 2.45) is 5.92 Å². The van der Waals surface area contributed by atoms with Gasteiger partial charge in [-0.15, -0.1) is 0 Å². The molecule has 0 aromatic carbocycles. The molecule has 2 N–H and O–H groups in total. The van der Waals surface area contributed by atoms with Gasteiger partial charge < -0.3 is 10.4 Å². The van der Waals surface area contributed by atoms with E-state index in [-0.39, 0.29) is 30.7 Å². The first-order chi connectivity index (χ1) is 11.4. The first-order valence-electron chi connectivity index (χ1n) is 8.86. The molecule has 1 atom stereocenters. The van der Waals surface area contributed by atoms with Crippen molar-refractivity contribution < 1.29 is 23.1 Å². The number of hydrogen-bond acceptors (Lipinski definition) is 4. The zero-order chi connectivity index (χ0) is 17.6. The minimum absolute atomic E-state index is 0.0136. The fraction of sp³-hybridized carbons (Fsp3) is 0.875. The number of rotatable bonds is 8. The molecule has 138 valence electrons. The topological polar surface area (TPSA) is 104 Å². The van der Waals surface area contributed by atoms with Crippen LogP contribution in [0.4, 0.5) is 0 Å². The number of carboxylic acids is 1. The second kappa shape index (κ2) is 8.80. The van der Waals surface area contributed by atoms with Gasteiger partial charge in [0.15, 0.2) is 0 Å². The van der Waals surface area contributed by atoms with Crippen molar-refractivity contribution in [1.82, 2.24) is 9.62 Å². The van der Waals surface area contributed by atoms with Gasteiger partial charge in [0, 0.05) is 19.0 Å². The summed E-state index contributed by atoms with van der Waals surface area (Å²) >= 11 is 0. The van der Waals surface area contributed by atoms with Crippen LogP contribution in [0.1, 0.15) is 57.8 Å². The van der Waals surface area contributed by atoms with Crippen LogP contribution < -0.4 is 5.32 Å². The molecule has 1 unspecified atom stereocenters. The van der Waals surface area contributed by atoms with E-state index in [2.05, 4.69) is 5.32 Å². The van der Waals surface area contributed by atoms with Crippen LogP contribution in [0.3, 0.4) is 0 Å². The Morgan fingerprint density at radius 1 is 1.17 bits per heavy atom. The van der Waals surface area contributed by atoms with E-state index in [9.17, 15) is 18.0 Å². The number of amides is 1. The molecule has 8 heteroatoms. The predicted octanol–water partition coefficient (Wildman–Crippen LogP) is 1.34. The van der Waals surface area contributed by atoms with Crippen molar-refractivity contribution in [3.63, 3.8) is 0 Å². The van der Waals surface area contributed by atoms with Crippen LogP contribution in [0.2, 0.25) is 0 Å². The van der Waals surface area contributed by atoms with E-state index in [4.69, 9.17) is 5.11 Å². The average molecular weight is 360 g/mol. The number of carboxylic acid groups (broad SMARTS) is 1. The first-order valence-corrected chi connectivity index (χ1v) is 10.5. The third-order valence-electron chi connectivity index (χ3n) is 4.94. The summed E-state index contributed by atoms with van der Waals surface area (Å²) in [5.41, 5.74) is 0. The lowest BCUT2D eigenvalue weighted by Gasteiger charge is -2.27. The zero-order valence-corrected chi connectivity index (χ0v) is 14.9. The van der Waals surface area contributed by atoms with E-state index in [0.717, 1.165) is 19.3 Å². The second-order valence-corrected chi connectivity index (χ2v) is 9.03. The van der Waals surface area contributed by atoms with Crippen molar-refractivity contribution in [2.75, 3.05) is 18.8 Å². The van der Waals surface area contributed by atoms with Gasteiger partial charge in [-0.3, -0.25) is 9.59 Å². The molecule has 1 aliphatic heterocycles. The molecule has 0 bridgehead atoms. The van der Waals surface area contributed by atoms with Gasteiger partial charge in [0.2, 0.25) is 15.9 Å². The van der Waals surface area contributed by atoms with Crippen molar-refractivity contribution in [3.05, 3.63) is 0 Å². The summed E-state index contributed by atoms with van der Waals surface area (Å²) in [7, 11) is -3.29. The highest BCUT2D eigenvalue weighted by Crippen LogP contribution is 2.28. The van der Waals surface area contributed by atoms with Crippen molar-refractivity contribution in [3.8, 4) is 0 Å². The summed E-state index contributed by atoms with van der Waals surface area (Å²) in [6, 6.07) is -0.193. The van der Waals surface area contributed by atoms with Crippen LogP contribution in [0.15, 0.2) is 0 Å². The van der Waals surface area contributed by atoms with Gasteiger partial charge >= 0.3 is 5.97 Å². The van der Waals surface area contributed by atoms with E-state index < -0.39 is 16.0 Å². The van der Waals surface area contributed by atoms with Crippen LogP contribution in [-0.2, 0) is 19.6 Å². The molecule has 0 aromatic heterocycles. The summed E-state index contributed by atoms with van der Waals surface area (Å²) in [5.74, 6) is -0.579. The Hall–Kier alpha value is -1.15. The number of carbonyl (C=O) groups excluding carboxylic acids is 1. The molecular weight excluding hydrogens is 332 g/mol. The molecule has 0 radical (unpaired) electrons. The standard InChI is InChI=1S/C16H28N2O5S/c19-15(12-18-9-4-10-24(18,22)23)17-14(7-8-16(20)21)11-13-5-2-1-3-6-13/h13-14H,1-12H2,(H,17,19)(H,20,21). The maximum absolute atomic E-state index is 12.2. The molecule has 24 heavy (non-hydrogen) atoms. The Balaban J connectivity index is 1.87. The van der Waals surface area contributed by atoms with Crippen molar-refractivity contribution in [1.29, 1.82) is 0 Å². The Morgan fingerprint density at radius 2 is 1.88 bits per heavy atom. The maximum Gasteiger partial charge on any atom is 0.303 e. The zero-order valence-electron chi connectivity index (χ0n) is 14.1. The van der Waals surface area contributed by atoms with Gasteiger partial charge in [-0.05, 0) is 25.2 Å². The molecule has 2 rings (SSSR count). The summed E-state index contributed by atoms with van der Waals surface area (Å²) in [4.78, 5) is 23.1. The van der Waals surface area contributed by atoms with E-state index in [1.165, 1.54) is 23.6 Å². The van der Waals surface area contributed by atoms with Crippen LogP contribution in [0.5, 0.6) is 0 Å². The minimum Gasteiger partial charge on any atom is -0.481 e. The number of hydrogen-bond donors (Lipinski definition) is 2. The SMILES string of the molecule is O=C(O)CCC(CC1CCCCC1)NC(=O)CN1CCCS1(=O)=O. The Kier molecular flexibility index (Phi) is 7.03. The maximum atomic E-state index is 12.2. The molecule has 1 saturated heterocycles. The third kappa shape index (κ3) is 6.05. The van der Waals surface area contributed by atoms with E-state index in [1.807, 2.05) is 0 Å². The average Bonchev–Trinajstić information content (AvgIpc) is 2.84. The fourth-order valence-electron chi connectivity index (χ4n) is 3.67. The number of aliphatic carboxylic acids is 1. The van der Waals surface area contributed by atoms with Crippen LogP contribution >= 0.6 is 0 Å². The molecule has 1 saturated carbocycles. The molecule has 7 nitrogen and oxygen atoms in total. The molecule has 1 amide bonds. The highest BCUT2D eigenvalue weighted by atomic mass is 32.2. The summed E-state index contributed by atoms with van der Waals surface area (Å²) in [6.07, 6.45) is 7.62. The molecule has 0 aromatic rings. The van der Waals surface area contributed by atoms with E-state index in [0.29, 0.717) is 25.3 Å². The molecule has 1 aliphatic carbocycles. The van der Waals surface area contributed by atoms with Gasteiger partial charge in [-0.2, -0.15) is 4.31 Å². The minimum atomic E-state index is -3.29. The normalized spacial score (nSPS) is 23.0. The number of nitrogens with zero attached hydrogens (tertiary/aromatic N) is 1. The van der Waals surface area contributed by atoms with Gasteiger partial charge in [0.05, 0.1) is 12.3 Å². The summed E-state index contributed by atoms with van der Waals surface area (Å²) < 4.78 is 24.8. The third-order valence-corrected chi connectivity index (χ3v) is 6.84. The van der Waals surface area contributed by atoms with Crippen molar-refractivity contribution >= 4 is 21.9 Å². The Bertz CT molecular complexity index is 543. The van der Waals surface area contributed by atoms with Gasteiger partial charge in [-0.1, -0.05) is 32.1 Å². The quantitative estimate of drug-likeness (QED) is 0.680. The van der Waals surface area contributed by atoms with Crippen LogP contribution in [0.25, 0.3) is 0 Å². The second-order valence-electron chi connectivity index (χ2n) is 6.94. The smallest absolute Gasteiger partial charge is 0.303 e. The van der Waals surface area contributed by atoms with Crippen molar-refractivity contribution in [2.45, 2.75) is 63.8 Å². The summed E-state index contributed by atoms with van der Waals surface area (Å²) in [5, 5.41) is 11.8. The molecule has 1 heterocycles. The van der Waals surface area contributed by atoms with Crippen LogP contribution in [0, 0.1) is 5.92 Å². The fourth-order valence-corrected chi connectivity index (χ4v) is 5.15. The highest BCUT2D eigenvalue weighted by Gasteiger charge is 2.30. The molecular formula is C16H28N2O5S. The number of sulfonamides is 1. The molecule has 0 spiro atoms. The Morgan fingerprint density at radius 3 is 2.46 bits per heavy atom. The number of carbonyl (C=O) groups is 2. The van der Waals surface area contributed by atoms with E-state index in [1.54, 1.807) is 0 Å². The monoisotopic (exact) mass is 360 g/mol. The lowest BCUT2D eigenvalue weighted by atomic mass is 9.84. The van der Waals surface area contributed by atoms with E-state index >= 15 is 0 Å². The van der Waals surface area contributed by atoms with Gasteiger partial charge in [0.1, 0.15) is 0 Å². The molecule has 2 aliphatic rings. The van der Waals surface area contributed by atoms with Gasteiger partial charge in [-0.25, -0.2) is 8.42 Å². The molecule has 2 fully saturated rings. The highest BCUT2D eigenvalue weighted by molar-refractivity contribution is 7.89. The van der Waals surface area contributed by atoms with Gasteiger partial charge in [0.25, 0.3) is 0 Å². The predicted molar refractivity (Wildman–Crippen MR) is 90.0 cm³/mol. The largest absolute Gasteiger partial charge is 0.481 e. The first kappa shape index (κ1) is 19.2. The lowest BCUT2D eigenvalue weighted by Crippen LogP contribution is -2.43.